The molecule has 104 valence electrons. The van der Waals surface area contributed by atoms with E-state index in [1.165, 1.54) is 17.5 Å². The maximum Gasteiger partial charge on any atom is 0.254 e. The number of benzene rings is 1. The average Bonchev–Trinajstić information content (AvgIpc) is 3.01. The van der Waals surface area contributed by atoms with Crippen LogP contribution in [0.25, 0.3) is 0 Å². The summed E-state index contributed by atoms with van der Waals surface area (Å²) in [5, 5.41) is 3.91. The Hall–Kier alpha value is -1.61. The summed E-state index contributed by atoms with van der Waals surface area (Å²) in [5.41, 5.74) is 3.50. The van der Waals surface area contributed by atoms with Gasteiger partial charge >= 0.3 is 0 Å². The predicted molar refractivity (Wildman–Crippen MR) is 83.4 cm³/mol. The van der Waals surface area contributed by atoms with E-state index in [1.54, 1.807) is 11.3 Å². The Morgan fingerprint density at radius 3 is 3.00 bits per heavy atom. The molecule has 1 atom stereocenters. The van der Waals surface area contributed by atoms with Gasteiger partial charge in [-0.3, -0.25) is 4.79 Å². The van der Waals surface area contributed by atoms with Gasteiger partial charge in [0.15, 0.2) is 0 Å². The van der Waals surface area contributed by atoms with Crippen LogP contribution in [0, 0.1) is 6.92 Å². The number of carbonyl (C=O) groups is 1. The molecular weight excluding hydrogens is 266 g/mol. The second-order valence-corrected chi connectivity index (χ2v) is 6.30. The SMILES string of the molecule is Cc1cccc([C@@H]2CCCN(C(=O)c3ccsc3)C2)c1. The smallest absolute Gasteiger partial charge is 0.254 e. The molecule has 0 unspecified atom stereocenters. The Kier molecular flexibility index (Phi) is 3.88. The van der Waals surface area contributed by atoms with Crippen molar-refractivity contribution in [3.8, 4) is 0 Å². The molecule has 1 aromatic carbocycles. The third-order valence-electron chi connectivity index (χ3n) is 3.99. The maximum absolute atomic E-state index is 12.4. The van der Waals surface area contributed by atoms with Crippen molar-refractivity contribution in [2.75, 3.05) is 13.1 Å². The van der Waals surface area contributed by atoms with E-state index < -0.39 is 0 Å². The standard InChI is InChI=1S/C17H19NOS/c1-13-4-2-5-14(10-13)15-6-3-8-18(11-15)17(19)16-7-9-20-12-16/h2,4-5,7,9-10,12,15H,3,6,8,11H2,1H3/t15-/m1/s1. The van der Waals surface area contributed by atoms with E-state index in [9.17, 15) is 4.79 Å². The van der Waals surface area contributed by atoms with Crippen molar-refractivity contribution in [3.05, 3.63) is 57.8 Å². The van der Waals surface area contributed by atoms with E-state index in [4.69, 9.17) is 0 Å². The quantitative estimate of drug-likeness (QED) is 0.814. The molecule has 1 amide bonds. The lowest BCUT2D eigenvalue weighted by Crippen LogP contribution is -2.38. The van der Waals surface area contributed by atoms with E-state index in [0.717, 1.165) is 25.1 Å². The fourth-order valence-corrected chi connectivity index (χ4v) is 3.56. The molecule has 0 aliphatic carbocycles. The molecule has 1 fully saturated rings. The van der Waals surface area contributed by atoms with Gasteiger partial charge in [0.25, 0.3) is 5.91 Å². The first-order valence-electron chi connectivity index (χ1n) is 7.12. The van der Waals surface area contributed by atoms with Gasteiger partial charge in [-0.15, -0.1) is 0 Å². The van der Waals surface area contributed by atoms with Crippen molar-refractivity contribution >= 4 is 17.2 Å². The molecule has 0 saturated carbocycles. The monoisotopic (exact) mass is 285 g/mol. The number of amides is 1. The van der Waals surface area contributed by atoms with Gasteiger partial charge in [-0.25, -0.2) is 0 Å². The van der Waals surface area contributed by atoms with Gasteiger partial charge in [-0.1, -0.05) is 29.8 Å². The maximum atomic E-state index is 12.4. The molecule has 1 aliphatic heterocycles. The number of carbonyl (C=O) groups excluding carboxylic acids is 1. The molecule has 1 aliphatic rings. The minimum Gasteiger partial charge on any atom is -0.338 e. The molecule has 1 aromatic heterocycles. The second-order valence-electron chi connectivity index (χ2n) is 5.52. The summed E-state index contributed by atoms with van der Waals surface area (Å²) < 4.78 is 0. The molecule has 0 bridgehead atoms. The van der Waals surface area contributed by atoms with Crippen LogP contribution in [0.1, 0.15) is 40.2 Å². The minimum absolute atomic E-state index is 0.184. The van der Waals surface area contributed by atoms with Crippen LogP contribution in [0.4, 0.5) is 0 Å². The van der Waals surface area contributed by atoms with Crippen LogP contribution in [0.2, 0.25) is 0 Å². The highest BCUT2D eigenvalue weighted by atomic mass is 32.1. The van der Waals surface area contributed by atoms with Gasteiger partial charge in [-0.2, -0.15) is 11.3 Å². The average molecular weight is 285 g/mol. The molecule has 2 nitrogen and oxygen atoms in total. The first kappa shape index (κ1) is 13.4. The predicted octanol–water partition coefficient (Wildman–Crippen LogP) is 4.08. The molecule has 3 heteroatoms. The van der Waals surface area contributed by atoms with E-state index in [0.29, 0.717) is 5.92 Å². The summed E-state index contributed by atoms with van der Waals surface area (Å²) >= 11 is 1.58. The zero-order valence-corrected chi connectivity index (χ0v) is 12.5. The van der Waals surface area contributed by atoms with Crippen molar-refractivity contribution in [3.63, 3.8) is 0 Å². The van der Waals surface area contributed by atoms with Crippen LogP contribution in [-0.2, 0) is 0 Å². The first-order chi connectivity index (χ1) is 9.74. The fraction of sp³-hybridized carbons (Fsp3) is 0.353. The topological polar surface area (TPSA) is 20.3 Å². The number of nitrogens with zero attached hydrogens (tertiary/aromatic N) is 1. The molecule has 0 spiro atoms. The van der Waals surface area contributed by atoms with Crippen molar-refractivity contribution in [1.82, 2.24) is 4.90 Å². The molecule has 0 radical (unpaired) electrons. The highest BCUT2D eigenvalue weighted by Gasteiger charge is 2.25. The summed E-state index contributed by atoms with van der Waals surface area (Å²) in [7, 11) is 0. The first-order valence-corrected chi connectivity index (χ1v) is 8.06. The van der Waals surface area contributed by atoms with Crippen LogP contribution in [0.15, 0.2) is 41.1 Å². The van der Waals surface area contributed by atoms with Crippen molar-refractivity contribution < 1.29 is 4.79 Å². The van der Waals surface area contributed by atoms with E-state index in [-0.39, 0.29) is 5.91 Å². The molecule has 1 saturated heterocycles. The van der Waals surface area contributed by atoms with Crippen LogP contribution in [-0.4, -0.2) is 23.9 Å². The largest absolute Gasteiger partial charge is 0.338 e. The zero-order valence-electron chi connectivity index (χ0n) is 11.7. The number of rotatable bonds is 2. The Morgan fingerprint density at radius 1 is 1.35 bits per heavy atom. The van der Waals surface area contributed by atoms with Gasteiger partial charge in [0.2, 0.25) is 0 Å². The number of hydrogen-bond acceptors (Lipinski definition) is 2. The van der Waals surface area contributed by atoms with Gasteiger partial charge in [0, 0.05) is 24.4 Å². The Balaban J connectivity index is 1.75. The number of likely N-dealkylation sites (tertiary alicyclic amines) is 1. The highest BCUT2D eigenvalue weighted by Crippen LogP contribution is 2.28. The van der Waals surface area contributed by atoms with Crippen molar-refractivity contribution in [2.24, 2.45) is 0 Å². The van der Waals surface area contributed by atoms with Crippen LogP contribution in [0.3, 0.4) is 0 Å². The van der Waals surface area contributed by atoms with Gasteiger partial charge < -0.3 is 4.90 Å². The second kappa shape index (κ2) is 5.80. The van der Waals surface area contributed by atoms with E-state index in [1.807, 2.05) is 21.7 Å². The summed E-state index contributed by atoms with van der Waals surface area (Å²) in [6.45, 7) is 3.86. The Morgan fingerprint density at radius 2 is 2.25 bits per heavy atom. The van der Waals surface area contributed by atoms with Crippen LogP contribution in [0.5, 0.6) is 0 Å². The van der Waals surface area contributed by atoms with Crippen molar-refractivity contribution in [2.45, 2.75) is 25.7 Å². The number of aryl methyl sites for hydroxylation is 1. The lowest BCUT2D eigenvalue weighted by molar-refractivity contribution is 0.0707. The summed E-state index contributed by atoms with van der Waals surface area (Å²) in [4.78, 5) is 14.4. The number of thiophene rings is 1. The van der Waals surface area contributed by atoms with Crippen LogP contribution < -0.4 is 0 Å². The molecule has 2 aromatic rings. The molecular formula is C17H19NOS. The third kappa shape index (κ3) is 2.78. The number of hydrogen-bond donors (Lipinski definition) is 0. The molecule has 3 rings (SSSR count). The Bertz CT molecular complexity index is 591. The van der Waals surface area contributed by atoms with E-state index in [2.05, 4.69) is 31.2 Å². The van der Waals surface area contributed by atoms with Crippen LogP contribution >= 0.6 is 11.3 Å². The zero-order chi connectivity index (χ0) is 13.9. The Labute approximate surface area is 124 Å². The highest BCUT2D eigenvalue weighted by molar-refractivity contribution is 7.08. The summed E-state index contributed by atoms with van der Waals surface area (Å²) in [5.74, 6) is 0.662. The minimum atomic E-state index is 0.184. The third-order valence-corrected chi connectivity index (χ3v) is 4.67. The molecule has 2 heterocycles. The lowest BCUT2D eigenvalue weighted by atomic mass is 9.89. The van der Waals surface area contributed by atoms with E-state index >= 15 is 0 Å². The molecule has 20 heavy (non-hydrogen) atoms. The normalized spacial score (nSPS) is 19.1. The van der Waals surface area contributed by atoms with Gasteiger partial charge in [-0.05, 0) is 36.8 Å². The van der Waals surface area contributed by atoms with Crippen molar-refractivity contribution in [1.29, 1.82) is 0 Å². The van der Waals surface area contributed by atoms with Gasteiger partial charge in [0.1, 0.15) is 0 Å². The number of piperidine rings is 1. The molecule has 0 N–H and O–H groups in total. The lowest BCUT2D eigenvalue weighted by Gasteiger charge is -2.33. The summed E-state index contributed by atoms with van der Waals surface area (Å²) in [6, 6.07) is 10.6. The van der Waals surface area contributed by atoms with Gasteiger partial charge in [0.05, 0.1) is 5.56 Å². The summed E-state index contributed by atoms with van der Waals surface area (Å²) in [6.07, 6.45) is 2.27. The fourth-order valence-electron chi connectivity index (χ4n) is 2.93.